The van der Waals surface area contributed by atoms with E-state index in [1.165, 1.54) is 31.4 Å². The minimum absolute atomic E-state index is 0.158. The van der Waals surface area contributed by atoms with Crippen LogP contribution in [0.4, 0.5) is 10.5 Å². The molecular weight excluding hydrogens is 511 g/mol. The van der Waals surface area contributed by atoms with Crippen LogP contribution >= 0.6 is 39.1 Å². The van der Waals surface area contributed by atoms with Gasteiger partial charge in [0.1, 0.15) is 12.2 Å². The first kappa shape index (κ1) is 22.9. The van der Waals surface area contributed by atoms with E-state index in [1.54, 1.807) is 18.2 Å². The van der Waals surface area contributed by atoms with Gasteiger partial charge in [0.05, 0.1) is 27.3 Å². The number of methoxy groups -OCH3 is 1. The van der Waals surface area contributed by atoms with Gasteiger partial charge in [0.15, 0.2) is 11.5 Å². The zero-order valence-corrected chi connectivity index (χ0v) is 19.2. The van der Waals surface area contributed by atoms with Crippen molar-refractivity contribution in [2.45, 2.75) is 0 Å². The number of barbiturate groups is 1. The minimum Gasteiger partial charge on any atom is -0.493 e. The molecule has 0 bridgehead atoms. The first-order valence-corrected chi connectivity index (χ1v) is 10.3. The third kappa shape index (κ3) is 4.76. The van der Waals surface area contributed by atoms with Crippen molar-refractivity contribution in [3.8, 4) is 11.5 Å². The molecule has 4 amide bonds. The van der Waals surface area contributed by atoms with Crippen molar-refractivity contribution in [3.63, 3.8) is 0 Å². The van der Waals surface area contributed by atoms with E-state index in [0.717, 1.165) is 4.90 Å². The Balaban J connectivity index is 2.02. The molecular formula is C21H15BrCl2N2O5. The maximum atomic E-state index is 13.0. The van der Waals surface area contributed by atoms with Crippen LogP contribution in [0.1, 0.15) is 5.56 Å². The number of carbonyl (C=O) groups excluding carboxylic acids is 3. The van der Waals surface area contributed by atoms with Crippen molar-refractivity contribution < 1.29 is 23.9 Å². The number of carbonyl (C=O) groups is 3. The number of anilines is 1. The van der Waals surface area contributed by atoms with Gasteiger partial charge in [0, 0.05) is 0 Å². The standard InChI is InChI=1S/C21H15BrCl2N2O5/c1-3-6-31-18-14(22)8-11(9-17(18)30-2)7-13-19(27)25-21(29)26(20(13)28)12-4-5-15(23)16(24)10-12/h3-5,7-10H,1,6H2,2H3,(H,25,27,29)/b13-7+. The Morgan fingerprint density at radius 3 is 2.55 bits per heavy atom. The van der Waals surface area contributed by atoms with Gasteiger partial charge in [0.25, 0.3) is 11.8 Å². The lowest BCUT2D eigenvalue weighted by Crippen LogP contribution is -2.54. The maximum absolute atomic E-state index is 13.0. The fraction of sp³-hybridized carbons (Fsp3) is 0.0952. The lowest BCUT2D eigenvalue weighted by Gasteiger charge is -2.26. The number of benzene rings is 2. The Hall–Kier alpha value is -2.81. The number of amides is 4. The summed E-state index contributed by atoms with van der Waals surface area (Å²) >= 11 is 15.3. The average Bonchev–Trinajstić information content (AvgIpc) is 2.72. The molecule has 0 spiro atoms. The molecule has 1 saturated heterocycles. The molecule has 1 aliphatic heterocycles. The van der Waals surface area contributed by atoms with Crippen molar-refractivity contribution in [2.24, 2.45) is 0 Å². The van der Waals surface area contributed by atoms with Crippen LogP contribution in [0, 0.1) is 0 Å². The maximum Gasteiger partial charge on any atom is 0.335 e. The number of rotatable bonds is 6. The Bertz CT molecular complexity index is 1130. The van der Waals surface area contributed by atoms with E-state index >= 15 is 0 Å². The van der Waals surface area contributed by atoms with Gasteiger partial charge in [-0.25, -0.2) is 9.69 Å². The van der Waals surface area contributed by atoms with Crippen molar-refractivity contribution in [2.75, 3.05) is 18.6 Å². The summed E-state index contributed by atoms with van der Waals surface area (Å²) in [6, 6.07) is 6.61. The number of urea groups is 1. The second kappa shape index (κ2) is 9.55. The van der Waals surface area contributed by atoms with E-state index in [1.807, 2.05) is 0 Å². The molecule has 2 aromatic rings. The van der Waals surface area contributed by atoms with Crippen LogP contribution in [0.5, 0.6) is 11.5 Å². The van der Waals surface area contributed by atoms with Gasteiger partial charge in [-0.3, -0.25) is 14.9 Å². The van der Waals surface area contributed by atoms with Crippen molar-refractivity contribution in [1.82, 2.24) is 5.32 Å². The first-order valence-electron chi connectivity index (χ1n) is 8.74. The largest absolute Gasteiger partial charge is 0.493 e. The van der Waals surface area contributed by atoms with Crippen LogP contribution in [0.15, 0.2) is 53.0 Å². The summed E-state index contributed by atoms with van der Waals surface area (Å²) in [6.07, 6.45) is 2.93. The zero-order valence-electron chi connectivity index (χ0n) is 16.1. The third-order valence-electron chi connectivity index (χ3n) is 4.17. The third-order valence-corrected chi connectivity index (χ3v) is 5.50. The zero-order chi connectivity index (χ0) is 22.7. The van der Waals surface area contributed by atoms with Gasteiger partial charge in [-0.1, -0.05) is 35.9 Å². The van der Waals surface area contributed by atoms with Gasteiger partial charge < -0.3 is 9.47 Å². The fourth-order valence-corrected chi connectivity index (χ4v) is 3.65. The van der Waals surface area contributed by atoms with Gasteiger partial charge >= 0.3 is 6.03 Å². The number of hydrogen-bond donors (Lipinski definition) is 1. The highest BCUT2D eigenvalue weighted by molar-refractivity contribution is 9.10. The first-order chi connectivity index (χ1) is 14.8. The van der Waals surface area contributed by atoms with E-state index < -0.39 is 17.8 Å². The summed E-state index contributed by atoms with van der Waals surface area (Å²) in [6.45, 7) is 3.86. The molecule has 3 rings (SSSR count). The number of nitrogens with one attached hydrogen (secondary N) is 1. The molecule has 0 radical (unpaired) electrons. The highest BCUT2D eigenvalue weighted by Gasteiger charge is 2.37. The van der Waals surface area contributed by atoms with Crippen molar-refractivity contribution in [1.29, 1.82) is 0 Å². The highest BCUT2D eigenvalue weighted by atomic mass is 79.9. The molecule has 7 nitrogen and oxygen atoms in total. The molecule has 1 heterocycles. The molecule has 1 fully saturated rings. The van der Waals surface area contributed by atoms with Crippen molar-refractivity contribution >= 4 is 68.7 Å². The Morgan fingerprint density at radius 1 is 1.16 bits per heavy atom. The summed E-state index contributed by atoms with van der Waals surface area (Å²) in [5.74, 6) is -0.816. The summed E-state index contributed by atoms with van der Waals surface area (Å²) < 4.78 is 11.5. The molecule has 0 aromatic heterocycles. The van der Waals surface area contributed by atoms with E-state index in [9.17, 15) is 14.4 Å². The smallest absolute Gasteiger partial charge is 0.335 e. The monoisotopic (exact) mass is 524 g/mol. The lowest BCUT2D eigenvalue weighted by molar-refractivity contribution is -0.122. The number of imide groups is 2. The summed E-state index contributed by atoms with van der Waals surface area (Å²) in [4.78, 5) is 38.5. The number of halogens is 3. The van der Waals surface area contributed by atoms with Crippen LogP contribution in [0.25, 0.3) is 6.08 Å². The average molecular weight is 526 g/mol. The van der Waals surface area contributed by atoms with Gasteiger partial charge in [-0.2, -0.15) is 0 Å². The highest BCUT2D eigenvalue weighted by Crippen LogP contribution is 2.37. The molecule has 0 saturated carbocycles. The van der Waals surface area contributed by atoms with Crippen LogP contribution in [0.3, 0.4) is 0 Å². The minimum atomic E-state index is -0.891. The molecule has 31 heavy (non-hydrogen) atoms. The van der Waals surface area contributed by atoms with Crippen LogP contribution < -0.4 is 19.7 Å². The Labute approximate surface area is 196 Å². The van der Waals surface area contributed by atoms with E-state index in [0.29, 0.717) is 21.5 Å². The number of ether oxygens (including phenoxy) is 2. The van der Waals surface area contributed by atoms with Crippen LogP contribution in [0.2, 0.25) is 10.0 Å². The van der Waals surface area contributed by atoms with E-state index in [-0.39, 0.29) is 27.9 Å². The molecule has 0 aliphatic carbocycles. The number of hydrogen-bond acceptors (Lipinski definition) is 5. The van der Waals surface area contributed by atoms with Gasteiger partial charge in [-0.05, 0) is 57.9 Å². The molecule has 0 unspecified atom stereocenters. The SMILES string of the molecule is C=CCOc1c(Br)cc(/C=C2\C(=O)NC(=O)N(c3ccc(Cl)c(Cl)c3)C2=O)cc1OC. The van der Waals surface area contributed by atoms with Crippen molar-refractivity contribution in [3.05, 3.63) is 68.6 Å². The molecule has 1 N–H and O–H groups in total. The summed E-state index contributed by atoms with van der Waals surface area (Å²) in [7, 11) is 1.46. The second-order valence-electron chi connectivity index (χ2n) is 6.19. The van der Waals surface area contributed by atoms with Crippen LogP contribution in [-0.2, 0) is 9.59 Å². The van der Waals surface area contributed by atoms with E-state index in [4.69, 9.17) is 32.7 Å². The second-order valence-corrected chi connectivity index (χ2v) is 7.86. The van der Waals surface area contributed by atoms with Gasteiger partial charge in [-0.15, -0.1) is 0 Å². The topological polar surface area (TPSA) is 84.9 Å². The predicted molar refractivity (Wildman–Crippen MR) is 122 cm³/mol. The van der Waals surface area contributed by atoms with Gasteiger partial charge in [0.2, 0.25) is 0 Å². The Kier molecular flexibility index (Phi) is 7.04. The van der Waals surface area contributed by atoms with E-state index in [2.05, 4.69) is 27.8 Å². The lowest BCUT2D eigenvalue weighted by atomic mass is 10.1. The predicted octanol–water partition coefficient (Wildman–Crippen LogP) is 5.00. The molecule has 1 aliphatic rings. The number of nitrogens with zero attached hydrogens (tertiary/aromatic N) is 1. The fourth-order valence-electron chi connectivity index (χ4n) is 2.79. The summed E-state index contributed by atoms with van der Waals surface area (Å²) in [5.41, 5.74) is 0.387. The normalized spacial score (nSPS) is 15.2. The van der Waals surface area contributed by atoms with Crippen LogP contribution in [-0.4, -0.2) is 31.6 Å². The Morgan fingerprint density at radius 2 is 1.90 bits per heavy atom. The molecule has 0 atom stereocenters. The quantitative estimate of drug-likeness (QED) is 0.326. The molecule has 2 aromatic carbocycles. The molecule has 10 heteroatoms. The summed E-state index contributed by atoms with van der Waals surface area (Å²) in [5, 5.41) is 2.57. The molecule has 160 valence electrons.